The second-order valence-electron chi connectivity index (χ2n) is 19.1. The zero-order chi connectivity index (χ0) is 46.4. The third-order valence-corrected chi connectivity index (χ3v) is 15.6. The summed E-state index contributed by atoms with van der Waals surface area (Å²) in [4.78, 5) is 2.40. The highest BCUT2D eigenvalue weighted by molar-refractivity contribution is 6.23. The topological polar surface area (TPSA) is 34.5 Å². The van der Waals surface area contributed by atoms with Crippen LogP contribution < -0.4 is 4.90 Å². The molecule has 11 aromatic carbocycles. The van der Waals surface area contributed by atoms with Gasteiger partial charge in [0.2, 0.25) is 0 Å². The molecule has 0 unspecified atom stereocenters. The summed E-state index contributed by atoms with van der Waals surface area (Å²) >= 11 is 0. The molecule has 0 fully saturated rings. The molecule has 2 aliphatic rings. The maximum absolute atomic E-state index is 7.35. The van der Waals surface area contributed by atoms with Crippen LogP contribution >= 0.6 is 0 Å². The molecule has 0 amide bonds. The zero-order valence-electron chi connectivity index (χ0n) is 38.3. The standard InChI is InChI=1S/C67H40N2O2/c1-2-16-41(17-3-1)42-30-32-43(33-31-42)68(44-34-36-49-48-20-6-12-26-57(48)67(58(49)38-44)55-24-10-4-18-46(55)47-19-5-11-25-56(47)67)45-35-37-52-54-40-63-64(53-23-9-15-29-61(53)70-63)65(66(54)71-62(52)39-45)69-59-27-13-7-21-50(59)51-22-8-14-28-60(51)69/h1-40H. The molecule has 3 heterocycles. The largest absolute Gasteiger partial charge is 0.456 e. The molecule has 4 heteroatoms. The minimum Gasteiger partial charge on any atom is -0.456 e. The molecule has 1 spiro atoms. The van der Waals surface area contributed by atoms with Crippen LogP contribution in [0.15, 0.2) is 251 Å². The minimum atomic E-state index is -0.481. The third-order valence-electron chi connectivity index (χ3n) is 15.6. The van der Waals surface area contributed by atoms with Crippen LogP contribution in [0.3, 0.4) is 0 Å². The summed E-state index contributed by atoms with van der Waals surface area (Å²) in [6.07, 6.45) is 0. The minimum absolute atomic E-state index is 0.481. The van der Waals surface area contributed by atoms with E-state index in [1.165, 1.54) is 66.4 Å². The van der Waals surface area contributed by atoms with Crippen molar-refractivity contribution in [2.75, 3.05) is 4.90 Å². The number of furan rings is 2. The lowest BCUT2D eigenvalue weighted by Gasteiger charge is -2.32. The Labute approximate surface area is 408 Å². The van der Waals surface area contributed by atoms with E-state index in [0.717, 1.165) is 77.7 Å². The fourth-order valence-corrected chi connectivity index (χ4v) is 12.7. The summed E-state index contributed by atoms with van der Waals surface area (Å²) in [7, 11) is 0. The van der Waals surface area contributed by atoms with Crippen molar-refractivity contribution in [2.24, 2.45) is 0 Å². The van der Waals surface area contributed by atoms with Gasteiger partial charge in [-0.05, 0) is 116 Å². The number of anilines is 3. The highest BCUT2D eigenvalue weighted by Crippen LogP contribution is 2.63. The lowest BCUT2D eigenvalue weighted by Crippen LogP contribution is -2.26. The number of aromatic nitrogens is 1. The van der Waals surface area contributed by atoms with Gasteiger partial charge in [0.25, 0.3) is 0 Å². The maximum Gasteiger partial charge on any atom is 0.160 e. The predicted molar refractivity (Wildman–Crippen MR) is 292 cm³/mol. The summed E-state index contributed by atoms with van der Waals surface area (Å²) in [5.41, 5.74) is 21.8. The molecule has 330 valence electrons. The zero-order valence-corrected chi connectivity index (χ0v) is 38.3. The Kier molecular flexibility index (Phi) is 7.79. The van der Waals surface area contributed by atoms with E-state index in [4.69, 9.17) is 8.83 Å². The van der Waals surface area contributed by atoms with Gasteiger partial charge in [-0.1, -0.05) is 176 Å². The van der Waals surface area contributed by atoms with Crippen molar-refractivity contribution in [3.05, 3.63) is 265 Å². The lowest BCUT2D eigenvalue weighted by atomic mass is 9.70. The number of fused-ring (bicyclic) bond motifs is 19. The predicted octanol–water partition coefficient (Wildman–Crippen LogP) is 18.1. The van der Waals surface area contributed by atoms with Crippen molar-refractivity contribution < 1.29 is 8.83 Å². The fraction of sp³-hybridized carbons (Fsp3) is 0.0149. The first-order valence-corrected chi connectivity index (χ1v) is 24.4. The molecule has 0 aliphatic heterocycles. The van der Waals surface area contributed by atoms with Gasteiger partial charge in [0, 0.05) is 50.1 Å². The van der Waals surface area contributed by atoms with Gasteiger partial charge in [-0.3, -0.25) is 0 Å². The van der Waals surface area contributed by atoms with Crippen molar-refractivity contribution in [3.63, 3.8) is 0 Å². The van der Waals surface area contributed by atoms with Crippen LogP contribution in [0.4, 0.5) is 17.1 Å². The highest BCUT2D eigenvalue weighted by atomic mass is 16.3. The molecular formula is C67H40N2O2. The third kappa shape index (κ3) is 5.18. The molecule has 0 N–H and O–H groups in total. The highest BCUT2D eigenvalue weighted by Gasteiger charge is 2.51. The van der Waals surface area contributed by atoms with Crippen LogP contribution in [0.25, 0.3) is 105 Å². The Bertz CT molecular complexity index is 4420. The van der Waals surface area contributed by atoms with Crippen molar-refractivity contribution in [1.82, 2.24) is 4.57 Å². The van der Waals surface area contributed by atoms with E-state index < -0.39 is 5.41 Å². The van der Waals surface area contributed by atoms with Crippen LogP contribution in [0, 0.1) is 0 Å². The van der Waals surface area contributed by atoms with Gasteiger partial charge in [-0.2, -0.15) is 0 Å². The van der Waals surface area contributed by atoms with Crippen molar-refractivity contribution in [3.8, 4) is 39.1 Å². The van der Waals surface area contributed by atoms with Crippen LogP contribution in [-0.2, 0) is 5.41 Å². The average molecular weight is 905 g/mol. The summed E-state index contributed by atoms with van der Waals surface area (Å²) in [5, 5.41) is 6.49. The van der Waals surface area contributed by atoms with Crippen LogP contribution in [0.5, 0.6) is 0 Å². The number of hydrogen-bond acceptors (Lipinski definition) is 3. The number of nitrogens with zero attached hydrogens (tertiary/aromatic N) is 2. The quantitative estimate of drug-likeness (QED) is 0.173. The second-order valence-corrected chi connectivity index (χ2v) is 19.1. The van der Waals surface area contributed by atoms with Gasteiger partial charge in [0.15, 0.2) is 5.58 Å². The molecule has 3 aromatic heterocycles. The van der Waals surface area contributed by atoms with Crippen LogP contribution in [0.2, 0.25) is 0 Å². The molecule has 0 saturated heterocycles. The van der Waals surface area contributed by atoms with E-state index in [-0.39, 0.29) is 0 Å². The molecule has 0 atom stereocenters. The summed E-state index contributed by atoms with van der Waals surface area (Å²) in [6.45, 7) is 0. The molecule has 2 aliphatic carbocycles. The van der Waals surface area contributed by atoms with Crippen molar-refractivity contribution in [2.45, 2.75) is 5.41 Å². The van der Waals surface area contributed by atoms with Crippen molar-refractivity contribution in [1.29, 1.82) is 0 Å². The van der Waals surface area contributed by atoms with E-state index in [0.29, 0.717) is 0 Å². The van der Waals surface area contributed by atoms with Crippen LogP contribution in [0.1, 0.15) is 22.3 Å². The van der Waals surface area contributed by atoms with Crippen molar-refractivity contribution >= 4 is 82.7 Å². The molecule has 4 nitrogen and oxygen atoms in total. The first-order chi connectivity index (χ1) is 35.2. The Morgan fingerprint density at radius 2 is 0.845 bits per heavy atom. The Morgan fingerprint density at radius 1 is 0.324 bits per heavy atom. The first-order valence-electron chi connectivity index (χ1n) is 24.4. The SMILES string of the molecule is c1ccc(-c2ccc(N(c3ccc4c(c3)C3(c5ccccc5-c5ccccc53)c3ccccc3-4)c3ccc4c(c3)oc3c(-n5c6ccccc6c6ccccc65)c5c(cc34)oc3ccccc35)cc2)cc1. The second kappa shape index (κ2) is 14.3. The molecule has 14 aromatic rings. The van der Waals surface area contributed by atoms with Gasteiger partial charge in [0.05, 0.1) is 21.8 Å². The summed E-state index contributed by atoms with van der Waals surface area (Å²) in [5.74, 6) is 0. The Balaban J connectivity index is 0.953. The van der Waals surface area contributed by atoms with Crippen LogP contribution in [-0.4, -0.2) is 4.57 Å². The monoisotopic (exact) mass is 904 g/mol. The van der Waals surface area contributed by atoms with Gasteiger partial charge in [0.1, 0.15) is 22.4 Å². The number of hydrogen-bond donors (Lipinski definition) is 0. The molecule has 0 saturated carbocycles. The summed E-state index contributed by atoms with van der Waals surface area (Å²) < 4.78 is 16.5. The van der Waals surface area contributed by atoms with E-state index in [2.05, 4.69) is 246 Å². The molecule has 0 bridgehead atoms. The number of rotatable bonds is 5. The number of para-hydroxylation sites is 3. The van der Waals surface area contributed by atoms with E-state index in [1.54, 1.807) is 0 Å². The normalized spacial score (nSPS) is 13.2. The fourth-order valence-electron chi connectivity index (χ4n) is 12.7. The Hall–Kier alpha value is -9.38. The average Bonchev–Trinajstić information content (AvgIpc) is 4.23. The number of benzene rings is 11. The van der Waals surface area contributed by atoms with Gasteiger partial charge in [-0.25, -0.2) is 0 Å². The van der Waals surface area contributed by atoms with Gasteiger partial charge in [-0.15, -0.1) is 0 Å². The smallest absolute Gasteiger partial charge is 0.160 e. The van der Waals surface area contributed by atoms with E-state index in [1.807, 2.05) is 6.07 Å². The first kappa shape index (κ1) is 38.6. The molecule has 0 radical (unpaired) electrons. The molecule has 71 heavy (non-hydrogen) atoms. The lowest BCUT2D eigenvalue weighted by molar-refractivity contribution is 0.662. The Morgan fingerprint density at radius 3 is 1.52 bits per heavy atom. The molecular weight excluding hydrogens is 865 g/mol. The maximum atomic E-state index is 7.35. The van der Waals surface area contributed by atoms with Gasteiger partial charge >= 0.3 is 0 Å². The van der Waals surface area contributed by atoms with E-state index in [9.17, 15) is 0 Å². The molecule has 16 rings (SSSR count). The summed E-state index contributed by atoms with van der Waals surface area (Å²) in [6, 6.07) is 88.4. The van der Waals surface area contributed by atoms with Gasteiger partial charge < -0.3 is 18.3 Å². The van der Waals surface area contributed by atoms with E-state index >= 15 is 0 Å².